The van der Waals surface area contributed by atoms with Crippen LogP contribution in [0.25, 0.3) is 0 Å². The molecule has 0 aromatic heterocycles. The predicted octanol–water partition coefficient (Wildman–Crippen LogP) is 3.17. The summed E-state index contributed by atoms with van der Waals surface area (Å²) in [5.41, 5.74) is 3.59. The van der Waals surface area contributed by atoms with E-state index in [0.717, 1.165) is 12.1 Å². The Bertz CT molecular complexity index is 684. The summed E-state index contributed by atoms with van der Waals surface area (Å²) in [5.74, 6) is 0.540. The largest absolute Gasteiger partial charge is 0.326 e. The fourth-order valence-electron chi connectivity index (χ4n) is 2.90. The molecule has 1 aromatic carbocycles. The molecule has 0 bridgehead atoms. The van der Waals surface area contributed by atoms with Gasteiger partial charge < -0.3 is 5.32 Å². The molecule has 134 valence electrons. The zero-order chi connectivity index (χ0) is 17.7. The number of hydrogen-bond donors (Lipinski definition) is 2. The Labute approximate surface area is 145 Å². The topological polar surface area (TPSA) is 75.3 Å². The maximum absolute atomic E-state index is 12.0. The number of fused-ring (bicyclic) bond motifs is 1. The molecule has 1 atom stereocenters. The lowest BCUT2D eigenvalue weighted by atomic mass is 10.0. The summed E-state index contributed by atoms with van der Waals surface area (Å²) in [5, 5.41) is 2.51. The van der Waals surface area contributed by atoms with Gasteiger partial charge in [-0.2, -0.15) is 0 Å². The van der Waals surface area contributed by atoms with Crippen LogP contribution in [0.15, 0.2) is 18.2 Å². The van der Waals surface area contributed by atoms with Crippen LogP contribution in [0.3, 0.4) is 0 Å². The van der Waals surface area contributed by atoms with Crippen molar-refractivity contribution in [1.29, 1.82) is 0 Å². The van der Waals surface area contributed by atoms with Gasteiger partial charge in [0.25, 0.3) is 0 Å². The highest BCUT2D eigenvalue weighted by atomic mass is 32.2. The summed E-state index contributed by atoms with van der Waals surface area (Å²) in [6.45, 7) is 5.89. The molecular formula is C18H28N2O3S. The van der Waals surface area contributed by atoms with Crippen molar-refractivity contribution < 1.29 is 13.2 Å². The van der Waals surface area contributed by atoms with Crippen LogP contribution in [0.1, 0.15) is 63.5 Å². The van der Waals surface area contributed by atoms with Crippen molar-refractivity contribution in [2.45, 2.75) is 64.0 Å². The number of carbonyl (C=O) groups excluding carboxylic acids is 1. The van der Waals surface area contributed by atoms with E-state index in [1.54, 1.807) is 13.8 Å². The highest BCUT2D eigenvalue weighted by molar-refractivity contribution is 7.90. The van der Waals surface area contributed by atoms with E-state index in [2.05, 4.69) is 29.1 Å². The third-order valence-corrected chi connectivity index (χ3v) is 6.41. The highest BCUT2D eigenvalue weighted by Gasteiger charge is 2.19. The summed E-state index contributed by atoms with van der Waals surface area (Å²) in [4.78, 5) is 12.0. The Morgan fingerprint density at radius 3 is 2.75 bits per heavy atom. The fraction of sp³-hybridized carbons (Fsp3) is 0.611. The standard InChI is InChI=1S/C18H28N2O3S/c1-13(2)24(22,23)19-11-5-4-6-18(21)20-16-10-9-15-8-7-14(3)17(15)12-16/h9-10,12-14,19H,4-8,11H2,1-3H3,(H,20,21). The van der Waals surface area contributed by atoms with Crippen LogP contribution < -0.4 is 10.0 Å². The Morgan fingerprint density at radius 1 is 1.29 bits per heavy atom. The van der Waals surface area contributed by atoms with Crippen molar-refractivity contribution >= 4 is 21.6 Å². The zero-order valence-electron chi connectivity index (χ0n) is 14.8. The molecule has 1 amide bonds. The second-order valence-electron chi connectivity index (χ2n) is 6.85. The molecule has 0 spiro atoms. The van der Waals surface area contributed by atoms with Crippen molar-refractivity contribution in [3.63, 3.8) is 0 Å². The molecule has 1 unspecified atom stereocenters. The van der Waals surface area contributed by atoms with Gasteiger partial charge in [-0.1, -0.05) is 13.0 Å². The van der Waals surface area contributed by atoms with Crippen LogP contribution >= 0.6 is 0 Å². The molecule has 2 N–H and O–H groups in total. The number of rotatable bonds is 8. The second kappa shape index (κ2) is 8.12. The summed E-state index contributed by atoms with van der Waals surface area (Å²) >= 11 is 0. The molecule has 1 aromatic rings. The van der Waals surface area contributed by atoms with Crippen molar-refractivity contribution in [3.05, 3.63) is 29.3 Å². The monoisotopic (exact) mass is 352 g/mol. The van der Waals surface area contributed by atoms with Crippen molar-refractivity contribution in [1.82, 2.24) is 4.72 Å². The van der Waals surface area contributed by atoms with E-state index in [-0.39, 0.29) is 5.91 Å². The summed E-state index contributed by atoms with van der Waals surface area (Å²) < 4.78 is 25.8. The molecule has 5 nitrogen and oxygen atoms in total. The van der Waals surface area contributed by atoms with Gasteiger partial charge in [0.05, 0.1) is 5.25 Å². The van der Waals surface area contributed by atoms with E-state index >= 15 is 0 Å². The molecule has 0 saturated heterocycles. The van der Waals surface area contributed by atoms with Crippen LogP contribution in [0, 0.1) is 0 Å². The number of benzene rings is 1. The summed E-state index contributed by atoms with van der Waals surface area (Å²) in [6, 6.07) is 6.16. The molecule has 2 rings (SSSR count). The zero-order valence-corrected chi connectivity index (χ0v) is 15.6. The van der Waals surface area contributed by atoms with Gasteiger partial charge in [0, 0.05) is 18.7 Å². The van der Waals surface area contributed by atoms with Crippen molar-refractivity contribution in [3.8, 4) is 0 Å². The van der Waals surface area contributed by atoms with E-state index in [1.807, 2.05) is 6.07 Å². The van der Waals surface area contributed by atoms with Gasteiger partial charge in [-0.25, -0.2) is 13.1 Å². The average Bonchev–Trinajstić information content (AvgIpc) is 2.88. The summed E-state index contributed by atoms with van der Waals surface area (Å²) in [7, 11) is -3.21. The fourth-order valence-corrected chi connectivity index (χ4v) is 3.66. The number of hydrogen-bond acceptors (Lipinski definition) is 3. The van der Waals surface area contributed by atoms with E-state index in [9.17, 15) is 13.2 Å². The number of nitrogens with one attached hydrogen (secondary N) is 2. The molecule has 24 heavy (non-hydrogen) atoms. The van der Waals surface area contributed by atoms with Crippen molar-refractivity contribution in [2.75, 3.05) is 11.9 Å². The third-order valence-electron chi connectivity index (χ3n) is 4.56. The minimum atomic E-state index is -3.21. The number of amides is 1. The number of anilines is 1. The van der Waals surface area contributed by atoms with E-state index in [0.29, 0.717) is 31.7 Å². The maximum Gasteiger partial charge on any atom is 0.224 e. The average molecular weight is 353 g/mol. The van der Waals surface area contributed by atoms with Gasteiger partial charge in [0.1, 0.15) is 0 Å². The lowest BCUT2D eigenvalue weighted by Gasteiger charge is -2.10. The van der Waals surface area contributed by atoms with Crippen molar-refractivity contribution in [2.24, 2.45) is 0 Å². The minimum Gasteiger partial charge on any atom is -0.326 e. The molecule has 1 aliphatic rings. The van der Waals surface area contributed by atoms with Gasteiger partial charge in [-0.05, 0) is 68.7 Å². The second-order valence-corrected chi connectivity index (χ2v) is 9.17. The normalized spacial score (nSPS) is 17.1. The van der Waals surface area contributed by atoms with Crippen LogP contribution in [0.4, 0.5) is 5.69 Å². The predicted molar refractivity (Wildman–Crippen MR) is 97.7 cm³/mol. The van der Waals surface area contributed by atoms with Crippen LogP contribution in [0.2, 0.25) is 0 Å². The lowest BCUT2D eigenvalue weighted by molar-refractivity contribution is -0.116. The molecule has 0 saturated carbocycles. The maximum atomic E-state index is 12.0. The molecule has 6 heteroatoms. The highest BCUT2D eigenvalue weighted by Crippen LogP contribution is 2.34. The van der Waals surface area contributed by atoms with E-state index < -0.39 is 15.3 Å². The van der Waals surface area contributed by atoms with Gasteiger partial charge in [-0.15, -0.1) is 0 Å². The Kier molecular flexibility index (Phi) is 6.40. The molecule has 0 aliphatic heterocycles. The van der Waals surface area contributed by atoms with Gasteiger partial charge in [0.2, 0.25) is 15.9 Å². The van der Waals surface area contributed by atoms with E-state index in [4.69, 9.17) is 0 Å². The molecule has 0 radical (unpaired) electrons. The smallest absolute Gasteiger partial charge is 0.224 e. The van der Waals surface area contributed by atoms with E-state index in [1.165, 1.54) is 17.5 Å². The van der Waals surface area contributed by atoms with Crippen LogP contribution in [-0.4, -0.2) is 26.1 Å². The van der Waals surface area contributed by atoms with Gasteiger partial charge in [-0.3, -0.25) is 4.79 Å². The molecule has 1 aliphatic carbocycles. The first-order valence-corrected chi connectivity index (χ1v) is 10.3. The number of carbonyl (C=O) groups is 1. The number of sulfonamides is 1. The minimum absolute atomic E-state index is 0.0210. The van der Waals surface area contributed by atoms with Gasteiger partial charge >= 0.3 is 0 Å². The first kappa shape index (κ1) is 18.9. The Hall–Kier alpha value is -1.40. The van der Waals surface area contributed by atoms with Crippen LogP contribution in [0.5, 0.6) is 0 Å². The lowest BCUT2D eigenvalue weighted by Crippen LogP contribution is -2.31. The van der Waals surface area contributed by atoms with Crippen LogP contribution in [-0.2, 0) is 21.2 Å². The molecular weight excluding hydrogens is 324 g/mol. The quantitative estimate of drug-likeness (QED) is 0.706. The summed E-state index contributed by atoms with van der Waals surface area (Å²) in [6.07, 6.45) is 4.01. The SMILES string of the molecule is CC1CCc2ccc(NC(=O)CCCCNS(=O)(=O)C(C)C)cc21. The molecule has 0 heterocycles. The third kappa shape index (κ3) is 5.05. The Morgan fingerprint density at radius 2 is 2.04 bits per heavy atom. The van der Waals surface area contributed by atoms with Gasteiger partial charge in [0.15, 0.2) is 0 Å². The Balaban J connectivity index is 1.72. The first-order chi connectivity index (χ1) is 11.3. The first-order valence-electron chi connectivity index (χ1n) is 8.70. The number of aryl methyl sites for hydroxylation is 1. The molecule has 0 fully saturated rings. The number of unbranched alkanes of at least 4 members (excludes halogenated alkanes) is 1.